The summed E-state index contributed by atoms with van der Waals surface area (Å²) < 4.78 is 2.15. The van der Waals surface area contributed by atoms with Crippen LogP contribution in [0.3, 0.4) is 0 Å². The molecule has 2 heteroatoms. The minimum atomic E-state index is 0.929. The Hall–Kier alpha value is -3.26. The van der Waals surface area contributed by atoms with Crippen LogP contribution in [0.2, 0.25) is 0 Å². The van der Waals surface area contributed by atoms with E-state index < -0.39 is 0 Å². The average Bonchev–Trinajstić information content (AvgIpc) is 2.69. The third-order valence-corrected chi connectivity index (χ3v) is 4.28. The van der Waals surface area contributed by atoms with E-state index >= 15 is 0 Å². The van der Waals surface area contributed by atoms with Gasteiger partial charge in [-0.15, -0.1) is 0 Å². The van der Waals surface area contributed by atoms with Crippen molar-refractivity contribution in [2.75, 3.05) is 0 Å². The van der Waals surface area contributed by atoms with Crippen molar-refractivity contribution in [1.29, 1.82) is 0 Å². The molecule has 2 aromatic heterocycles. The Kier molecular flexibility index (Phi) is 4.09. The van der Waals surface area contributed by atoms with Gasteiger partial charge in [0.05, 0.1) is 6.20 Å². The van der Waals surface area contributed by atoms with Gasteiger partial charge in [0, 0.05) is 11.6 Å². The SMILES string of the molecule is Cc1ccnc(-[n+]2ccc(-c3ccccc3)cc2-c2ccccc2)c1. The van der Waals surface area contributed by atoms with Crippen LogP contribution in [-0.4, -0.2) is 4.98 Å². The molecule has 0 radical (unpaired) electrons. The summed E-state index contributed by atoms with van der Waals surface area (Å²) >= 11 is 0. The van der Waals surface area contributed by atoms with Crippen molar-refractivity contribution in [3.8, 4) is 28.2 Å². The third-order valence-electron chi connectivity index (χ3n) is 4.28. The number of nitrogens with zero attached hydrogens (tertiary/aromatic N) is 2. The maximum Gasteiger partial charge on any atom is 0.328 e. The van der Waals surface area contributed by atoms with Crippen molar-refractivity contribution in [2.45, 2.75) is 6.92 Å². The van der Waals surface area contributed by atoms with Gasteiger partial charge in [-0.2, -0.15) is 4.57 Å². The second-order valence-corrected chi connectivity index (χ2v) is 6.09. The summed E-state index contributed by atoms with van der Waals surface area (Å²) in [7, 11) is 0. The van der Waals surface area contributed by atoms with Gasteiger partial charge in [-0.25, -0.2) is 0 Å². The lowest BCUT2D eigenvalue weighted by atomic mass is 10.0. The highest BCUT2D eigenvalue weighted by Crippen LogP contribution is 2.24. The predicted molar refractivity (Wildman–Crippen MR) is 101 cm³/mol. The highest BCUT2D eigenvalue weighted by Gasteiger charge is 2.16. The van der Waals surface area contributed by atoms with Crippen molar-refractivity contribution in [3.63, 3.8) is 0 Å². The first-order valence-electron chi connectivity index (χ1n) is 8.41. The van der Waals surface area contributed by atoms with Crippen molar-refractivity contribution >= 4 is 0 Å². The van der Waals surface area contributed by atoms with E-state index in [-0.39, 0.29) is 0 Å². The molecule has 0 aliphatic rings. The van der Waals surface area contributed by atoms with E-state index in [0.29, 0.717) is 0 Å². The number of rotatable bonds is 3. The van der Waals surface area contributed by atoms with Crippen molar-refractivity contribution in [3.05, 3.63) is 103 Å². The lowest BCUT2D eigenvalue weighted by molar-refractivity contribution is -0.587. The predicted octanol–water partition coefficient (Wildman–Crippen LogP) is 5.00. The molecule has 25 heavy (non-hydrogen) atoms. The fourth-order valence-corrected chi connectivity index (χ4v) is 2.99. The van der Waals surface area contributed by atoms with Crippen LogP contribution in [-0.2, 0) is 0 Å². The van der Waals surface area contributed by atoms with Crippen LogP contribution in [0, 0.1) is 6.92 Å². The molecule has 2 aromatic carbocycles. The van der Waals surface area contributed by atoms with Crippen molar-refractivity contribution in [1.82, 2.24) is 4.98 Å². The van der Waals surface area contributed by atoms with Gasteiger partial charge in [0.1, 0.15) is 11.9 Å². The maximum atomic E-state index is 4.56. The number of aromatic nitrogens is 2. The minimum absolute atomic E-state index is 0.929. The van der Waals surface area contributed by atoms with Crippen LogP contribution in [0.15, 0.2) is 97.3 Å². The van der Waals surface area contributed by atoms with E-state index in [9.17, 15) is 0 Å². The van der Waals surface area contributed by atoms with Gasteiger partial charge in [0.2, 0.25) is 0 Å². The molecule has 0 aliphatic heterocycles. The summed E-state index contributed by atoms with van der Waals surface area (Å²) in [5.41, 5.74) is 5.90. The van der Waals surface area contributed by atoms with Crippen LogP contribution >= 0.6 is 0 Å². The second-order valence-electron chi connectivity index (χ2n) is 6.09. The molecule has 0 amide bonds. The molecule has 0 unspecified atom stereocenters. The van der Waals surface area contributed by atoms with Gasteiger partial charge >= 0.3 is 5.82 Å². The van der Waals surface area contributed by atoms with Gasteiger partial charge in [-0.1, -0.05) is 60.7 Å². The van der Waals surface area contributed by atoms with Gasteiger partial charge in [-0.3, -0.25) is 0 Å². The lowest BCUT2D eigenvalue weighted by Crippen LogP contribution is -2.34. The van der Waals surface area contributed by atoms with Crippen molar-refractivity contribution < 1.29 is 4.57 Å². The van der Waals surface area contributed by atoms with Crippen LogP contribution in [0.5, 0.6) is 0 Å². The van der Waals surface area contributed by atoms with Gasteiger partial charge < -0.3 is 0 Å². The summed E-state index contributed by atoms with van der Waals surface area (Å²) in [5, 5.41) is 0. The Labute approximate surface area is 148 Å². The zero-order chi connectivity index (χ0) is 17.1. The third kappa shape index (κ3) is 3.20. The molecule has 0 fully saturated rings. The monoisotopic (exact) mass is 323 g/mol. The van der Waals surface area contributed by atoms with Crippen LogP contribution in [0.4, 0.5) is 0 Å². The molecule has 0 spiro atoms. The first kappa shape index (κ1) is 15.3. The number of hydrogen-bond acceptors (Lipinski definition) is 1. The fraction of sp³-hybridized carbons (Fsp3) is 0.0435. The fourth-order valence-electron chi connectivity index (χ4n) is 2.99. The Balaban J connectivity index is 1.93. The molecular weight excluding hydrogens is 304 g/mol. The molecule has 4 aromatic rings. The zero-order valence-corrected chi connectivity index (χ0v) is 14.1. The number of benzene rings is 2. The topological polar surface area (TPSA) is 16.8 Å². The van der Waals surface area contributed by atoms with E-state index in [4.69, 9.17) is 0 Å². The van der Waals surface area contributed by atoms with Crippen LogP contribution in [0.25, 0.3) is 28.2 Å². The Bertz CT molecular complexity index is 993. The molecule has 2 nitrogen and oxygen atoms in total. The first-order valence-corrected chi connectivity index (χ1v) is 8.41. The molecule has 0 saturated carbocycles. The molecular formula is C23H19N2+. The minimum Gasteiger partial charge on any atom is -0.196 e. The van der Waals surface area contributed by atoms with E-state index in [2.05, 4.69) is 89.4 Å². The van der Waals surface area contributed by atoms with Gasteiger partial charge in [-0.05, 0) is 46.8 Å². The molecule has 2 heterocycles. The number of pyridine rings is 2. The normalized spacial score (nSPS) is 10.6. The van der Waals surface area contributed by atoms with E-state index in [1.165, 1.54) is 22.3 Å². The number of hydrogen-bond donors (Lipinski definition) is 0. The average molecular weight is 323 g/mol. The molecule has 0 saturated heterocycles. The molecule has 0 aliphatic carbocycles. The lowest BCUT2D eigenvalue weighted by Gasteiger charge is -2.09. The molecule has 4 rings (SSSR count). The second kappa shape index (κ2) is 6.70. The summed E-state index contributed by atoms with van der Waals surface area (Å²) in [4.78, 5) is 4.56. The summed E-state index contributed by atoms with van der Waals surface area (Å²) in [5.74, 6) is 0.929. The first-order chi connectivity index (χ1) is 12.3. The largest absolute Gasteiger partial charge is 0.328 e. The van der Waals surface area contributed by atoms with E-state index in [1.54, 1.807) is 0 Å². The smallest absolute Gasteiger partial charge is 0.196 e. The van der Waals surface area contributed by atoms with E-state index in [1.807, 2.05) is 24.4 Å². The quantitative estimate of drug-likeness (QED) is 0.485. The molecule has 0 bridgehead atoms. The van der Waals surface area contributed by atoms with Crippen LogP contribution in [0.1, 0.15) is 5.56 Å². The number of aryl methyl sites for hydroxylation is 1. The summed E-state index contributed by atoms with van der Waals surface area (Å²) in [6.07, 6.45) is 3.96. The molecule has 120 valence electrons. The highest BCUT2D eigenvalue weighted by atomic mass is 15.0. The molecule has 0 N–H and O–H groups in total. The highest BCUT2D eigenvalue weighted by molar-refractivity contribution is 5.68. The van der Waals surface area contributed by atoms with Crippen molar-refractivity contribution in [2.24, 2.45) is 0 Å². The van der Waals surface area contributed by atoms with Gasteiger partial charge in [0.25, 0.3) is 0 Å². The summed E-state index contributed by atoms with van der Waals surface area (Å²) in [6.45, 7) is 2.09. The zero-order valence-electron chi connectivity index (χ0n) is 14.1. The van der Waals surface area contributed by atoms with Gasteiger partial charge in [0.15, 0.2) is 0 Å². The maximum absolute atomic E-state index is 4.56. The summed E-state index contributed by atoms with van der Waals surface area (Å²) in [6, 6.07) is 29.4. The standard InChI is InChI=1S/C23H19N2/c1-18-12-14-24-23(16-18)25-15-13-21(19-8-4-2-5-9-19)17-22(25)20-10-6-3-7-11-20/h2-17H,1H3/q+1. The van der Waals surface area contributed by atoms with Crippen LogP contribution < -0.4 is 4.57 Å². The van der Waals surface area contributed by atoms with E-state index in [0.717, 1.165) is 11.5 Å². The Morgan fingerprint density at radius 3 is 2.04 bits per heavy atom. The Morgan fingerprint density at radius 2 is 1.36 bits per heavy atom. The molecule has 0 atom stereocenters. The Morgan fingerprint density at radius 1 is 0.680 bits per heavy atom.